The molecule has 2 fully saturated rings. The molecule has 3 N–H and O–H groups in total. The number of hydrogen-bond donors (Lipinski definition) is 2. The first kappa shape index (κ1) is 29.3. The zero-order chi connectivity index (χ0) is 32.3. The molecule has 47 heavy (non-hydrogen) atoms. The number of carbonyl (C=O) groups excluding carboxylic acids is 1. The maximum Gasteiger partial charge on any atom is 0.439 e. The van der Waals surface area contributed by atoms with Gasteiger partial charge in [-0.3, -0.25) is 19.2 Å². The van der Waals surface area contributed by atoms with Crippen LogP contribution in [0, 0.1) is 5.82 Å². The van der Waals surface area contributed by atoms with Crippen molar-refractivity contribution in [2.24, 2.45) is 5.73 Å². The molecule has 6 heterocycles. The number of aromatic amines is 1. The number of para-hydroxylation sites is 1. The number of pyridine rings is 1. The first-order chi connectivity index (χ1) is 22.7. The number of halogens is 1. The lowest BCUT2D eigenvalue weighted by Crippen LogP contribution is -2.35. The van der Waals surface area contributed by atoms with E-state index >= 15 is 4.39 Å². The van der Waals surface area contributed by atoms with Crippen LogP contribution >= 0.6 is 0 Å². The van der Waals surface area contributed by atoms with Gasteiger partial charge in [0.2, 0.25) is 5.91 Å². The number of aromatic nitrogens is 5. The predicted molar refractivity (Wildman–Crippen MR) is 165 cm³/mol. The number of amides is 1. The monoisotopic (exact) mass is 641 g/mol. The molecule has 5 aromatic rings. The van der Waals surface area contributed by atoms with E-state index in [-0.39, 0.29) is 23.1 Å². The Hall–Kier alpha value is -5.08. The molecule has 0 aliphatic carbocycles. The molecule has 0 saturated carbocycles. The quantitative estimate of drug-likeness (QED) is 0.255. The third-order valence-electron chi connectivity index (χ3n) is 9.30. The minimum Gasteiger partial charge on any atom is -0.444 e. The summed E-state index contributed by atoms with van der Waals surface area (Å²) >= 11 is 0. The molecule has 1 amide bonds. The van der Waals surface area contributed by atoms with Crippen LogP contribution in [0.5, 0.6) is 11.5 Å². The van der Waals surface area contributed by atoms with Crippen LogP contribution in [-0.4, -0.2) is 61.3 Å². The Labute approximate surface area is 267 Å². The molecule has 14 heteroatoms. The van der Waals surface area contributed by atoms with Crippen LogP contribution in [0.25, 0.3) is 22.6 Å². The second-order valence-corrected chi connectivity index (χ2v) is 12.4. The fourth-order valence-corrected chi connectivity index (χ4v) is 6.70. The molecule has 2 atom stereocenters. The Morgan fingerprint density at radius 2 is 1.98 bits per heavy atom. The Morgan fingerprint density at radius 3 is 2.68 bits per heavy atom. The molecule has 0 radical (unpaired) electrons. The van der Waals surface area contributed by atoms with Crippen LogP contribution < -0.4 is 21.0 Å². The Balaban J connectivity index is 0.994. The SMILES string of the molecule is CC1(c2ccc(C(N)=O)cc2F)Oc2cccc(C3CCN(Cc4nc5cc(-c6noc(=O)[nH]6)cnc5n4C[C@@H]4CCO4)CC3)c2O1. The smallest absolute Gasteiger partial charge is 0.439 e. The molecule has 0 bridgehead atoms. The molecule has 13 nitrogen and oxygen atoms in total. The molecule has 1 unspecified atom stereocenters. The highest BCUT2D eigenvalue weighted by Crippen LogP contribution is 2.49. The highest BCUT2D eigenvalue weighted by Gasteiger charge is 2.43. The number of fused-ring (bicyclic) bond motifs is 2. The van der Waals surface area contributed by atoms with Crippen molar-refractivity contribution >= 4 is 17.1 Å². The topological polar surface area (TPSA) is 164 Å². The van der Waals surface area contributed by atoms with E-state index in [1.54, 1.807) is 13.1 Å². The van der Waals surface area contributed by atoms with Crippen molar-refractivity contribution < 1.29 is 27.9 Å². The van der Waals surface area contributed by atoms with Crippen molar-refractivity contribution in [3.8, 4) is 22.9 Å². The molecule has 3 aliphatic heterocycles. The van der Waals surface area contributed by atoms with Gasteiger partial charge in [0.25, 0.3) is 5.79 Å². The minimum absolute atomic E-state index is 0.0786. The number of likely N-dealkylation sites (tertiary alicyclic amines) is 1. The molecular weight excluding hydrogens is 609 g/mol. The van der Waals surface area contributed by atoms with Gasteiger partial charge >= 0.3 is 5.76 Å². The molecule has 3 aliphatic rings. The highest BCUT2D eigenvalue weighted by molar-refractivity contribution is 5.92. The first-order valence-corrected chi connectivity index (χ1v) is 15.6. The lowest BCUT2D eigenvalue weighted by Gasteiger charge is -2.33. The van der Waals surface area contributed by atoms with E-state index < -0.39 is 23.3 Å². The maximum absolute atomic E-state index is 15.1. The van der Waals surface area contributed by atoms with Crippen molar-refractivity contribution in [3.63, 3.8) is 0 Å². The summed E-state index contributed by atoms with van der Waals surface area (Å²) in [5, 5.41) is 3.78. The van der Waals surface area contributed by atoms with Gasteiger partial charge in [0.15, 0.2) is 23.0 Å². The Morgan fingerprint density at radius 1 is 1.15 bits per heavy atom. The number of hydrogen-bond acceptors (Lipinski definition) is 10. The van der Waals surface area contributed by atoms with Crippen LogP contribution in [0.4, 0.5) is 4.39 Å². The van der Waals surface area contributed by atoms with Gasteiger partial charge in [-0.1, -0.05) is 17.3 Å². The third-order valence-corrected chi connectivity index (χ3v) is 9.30. The zero-order valence-corrected chi connectivity index (χ0v) is 25.6. The van der Waals surface area contributed by atoms with E-state index in [9.17, 15) is 9.59 Å². The standard InChI is InChI=1S/C33H32FN7O6/c1-33(23-6-5-19(29(35)42)13-24(23)34)45-26-4-2-3-22(28(26)46-33)18-7-10-40(11-8-18)17-27-37-25-14-20(30-38-32(43)47-39-30)15-36-31(25)41(27)16-21-9-12-44-21/h2-6,13-15,18,21H,7-12,16-17H2,1H3,(H2,35,42)(H,38,39,43)/t21-,33?/m0/s1. The fraction of sp³-hybridized carbons (Fsp3) is 0.364. The van der Waals surface area contributed by atoms with Crippen molar-refractivity contribution in [1.82, 2.24) is 29.6 Å². The average Bonchev–Trinajstić information content (AvgIpc) is 3.73. The number of rotatable bonds is 8. The summed E-state index contributed by atoms with van der Waals surface area (Å²) in [5.74, 6) is -0.768. The number of nitrogens with zero attached hydrogens (tertiary/aromatic N) is 5. The van der Waals surface area contributed by atoms with Crippen LogP contribution in [0.2, 0.25) is 0 Å². The molecule has 8 rings (SSSR count). The summed E-state index contributed by atoms with van der Waals surface area (Å²) < 4.78 is 40.2. The summed E-state index contributed by atoms with van der Waals surface area (Å²) in [6, 6.07) is 11.7. The van der Waals surface area contributed by atoms with E-state index in [0.29, 0.717) is 41.5 Å². The van der Waals surface area contributed by atoms with Crippen molar-refractivity contribution in [3.05, 3.63) is 87.5 Å². The van der Waals surface area contributed by atoms with Gasteiger partial charge in [-0.2, -0.15) is 0 Å². The number of primary amides is 1. The molecule has 242 valence electrons. The maximum atomic E-state index is 15.1. The van der Waals surface area contributed by atoms with E-state index in [2.05, 4.69) is 29.1 Å². The number of imidazole rings is 1. The summed E-state index contributed by atoms with van der Waals surface area (Å²) in [6.07, 6.45) is 4.52. The van der Waals surface area contributed by atoms with Gasteiger partial charge in [0.05, 0.1) is 24.8 Å². The van der Waals surface area contributed by atoms with Gasteiger partial charge in [0, 0.05) is 36.4 Å². The van der Waals surface area contributed by atoms with Gasteiger partial charge in [-0.15, -0.1) is 0 Å². The first-order valence-electron chi connectivity index (χ1n) is 15.6. The Bertz CT molecular complexity index is 2060. The molecule has 2 aromatic carbocycles. The summed E-state index contributed by atoms with van der Waals surface area (Å²) in [7, 11) is 0. The van der Waals surface area contributed by atoms with Crippen molar-refractivity contribution in [2.45, 2.75) is 57.1 Å². The molecule has 0 spiro atoms. The molecular formula is C33H32FN7O6. The van der Waals surface area contributed by atoms with Crippen LogP contribution in [0.3, 0.4) is 0 Å². The number of nitrogens with one attached hydrogen (secondary N) is 1. The third kappa shape index (κ3) is 5.32. The van der Waals surface area contributed by atoms with Crippen LogP contribution in [0.1, 0.15) is 59.4 Å². The van der Waals surface area contributed by atoms with Crippen molar-refractivity contribution in [2.75, 3.05) is 19.7 Å². The van der Waals surface area contributed by atoms with Gasteiger partial charge in [-0.25, -0.2) is 19.2 Å². The summed E-state index contributed by atoms with van der Waals surface area (Å²) in [5.41, 5.74) is 8.68. The van der Waals surface area contributed by atoms with Gasteiger partial charge < -0.3 is 24.5 Å². The van der Waals surface area contributed by atoms with Gasteiger partial charge in [-0.05, 0) is 68.6 Å². The van der Waals surface area contributed by atoms with E-state index in [1.165, 1.54) is 12.1 Å². The zero-order valence-electron chi connectivity index (χ0n) is 25.6. The second kappa shape index (κ2) is 11.3. The predicted octanol–water partition coefficient (Wildman–Crippen LogP) is 3.83. The number of carbonyl (C=O) groups is 1. The second-order valence-electron chi connectivity index (χ2n) is 12.4. The summed E-state index contributed by atoms with van der Waals surface area (Å²) in [4.78, 5) is 37.6. The van der Waals surface area contributed by atoms with Gasteiger partial charge in [0.1, 0.15) is 17.2 Å². The number of H-pyrrole nitrogens is 1. The average molecular weight is 642 g/mol. The largest absolute Gasteiger partial charge is 0.444 e. The van der Waals surface area contributed by atoms with Crippen molar-refractivity contribution in [1.29, 1.82) is 0 Å². The number of piperidine rings is 1. The fourth-order valence-electron chi connectivity index (χ4n) is 6.70. The highest BCUT2D eigenvalue weighted by atomic mass is 19.1. The Kier molecular flexibility index (Phi) is 7.06. The summed E-state index contributed by atoms with van der Waals surface area (Å²) in [6.45, 7) is 5.39. The molecule has 3 aromatic heterocycles. The minimum atomic E-state index is -1.39. The molecule has 2 saturated heterocycles. The van der Waals surface area contributed by atoms with Crippen LogP contribution in [-0.2, 0) is 23.6 Å². The lowest BCUT2D eigenvalue weighted by atomic mass is 9.88. The number of nitrogens with two attached hydrogens (primary N) is 1. The van der Waals surface area contributed by atoms with E-state index in [0.717, 1.165) is 62.1 Å². The lowest BCUT2D eigenvalue weighted by molar-refractivity contribution is -0.0712. The number of benzene rings is 2. The van der Waals surface area contributed by atoms with E-state index in [1.807, 2.05) is 24.3 Å². The normalized spacial score (nSPS) is 21.3. The van der Waals surface area contributed by atoms with E-state index in [4.69, 9.17) is 24.9 Å². The number of ether oxygens (including phenoxy) is 3. The van der Waals surface area contributed by atoms with Crippen LogP contribution in [0.15, 0.2) is 58.0 Å².